The average Bonchev–Trinajstić information content (AvgIpc) is 2.60. The molecule has 0 amide bonds. The number of likely N-dealkylation sites (N-methyl/N-ethyl adjacent to an activating group) is 1. The van der Waals surface area contributed by atoms with Crippen molar-refractivity contribution in [3.05, 3.63) is 0 Å². The summed E-state index contributed by atoms with van der Waals surface area (Å²) in [5.41, 5.74) is 0. The Morgan fingerprint density at radius 2 is 2.15 bits per heavy atom. The predicted octanol–water partition coefficient (Wildman–Crippen LogP) is 1.86. The van der Waals surface area contributed by atoms with Crippen LogP contribution in [0, 0.1) is 0 Å². The number of hydrogen-bond acceptors (Lipinski definition) is 2. The molecule has 0 aromatic rings. The molecule has 1 heterocycles. The number of nitrogens with zero attached hydrogens (tertiary/aromatic N) is 1. The molecule has 1 saturated heterocycles. The molecule has 1 aliphatic heterocycles. The maximum Gasteiger partial charge on any atom is 0.0204 e. The van der Waals surface area contributed by atoms with Gasteiger partial charge in [0, 0.05) is 12.6 Å². The van der Waals surface area contributed by atoms with E-state index in [-0.39, 0.29) is 0 Å². The van der Waals surface area contributed by atoms with Crippen LogP contribution in [0.4, 0.5) is 0 Å². The summed E-state index contributed by atoms with van der Waals surface area (Å²) >= 11 is 0. The first-order valence-corrected chi connectivity index (χ1v) is 5.76. The molecule has 0 aliphatic carbocycles. The number of nitrogens with one attached hydrogen (secondary N) is 1. The minimum absolute atomic E-state index is 0.756. The zero-order valence-electron chi connectivity index (χ0n) is 9.18. The van der Waals surface area contributed by atoms with Crippen LogP contribution in [0.5, 0.6) is 0 Å². The van der Waals surface area contributed by atoms with Crippen molar-refractivity contribution in [1.82, 2.24) is 10.2 Å². The van der Waals surface area contributed by atoms with E-state index in [1.54, 1.807) is 0 Å². The van der Waals surface area contributed by atoms with Crippen molar-refractivity contribution in [2.75, 3.05) is 26.7 Å². The van der Waals surface area contributed by atoms with Gasteiger partial charge in [0.1, 0.15) is 0 Å². The Morgan fingerprint density at radius 3 is 2.77 bits per heavy atom. The van der Waals surface area contributed by atoms with Crippen LogP contribution >= 0.6 is 0 Å². The lowest BCUT2D eigenvalue weighted by Gasteiger charge is -2.15. The first-order chi connectivity index (χ1) is 6.36. The van der Waals surface area contributed by atoms with Gasteiger partial charge >= 0.3 is 0 Å². The molecule has 0 aromatic carbocycles. The molecule has 1 unspecified atom stereocenters. The maximum absolute atomic E-state index is 3.35. The molecule has 78 valence electrons. The van der Waals surface area contributed by atoms with Crippen LogP contribution in [-0.2, 0) is 0 Å². The Hall–Kier alpha value is -0.0800. The molecule has 2 nitrogen and oxygen atoms in total. The van der Waals surface area contributed by atoms with Crippen molar-refractivity contribution >= 4 is 0 Å². The summed E-state index contributed by atoms with van der Waals surface area (Å²) in [6.45, 7) is 6.16. The quantitative estimate of drug-likeness (QED) is 0.634. The van der Waals surface area contributed by atoms with E-state index in [9.17, 15) is 0 Å². The van der Waals surface area contributed by atoms with Crippen LogP contribution in [0.25, 0.3) is 0 Å². The molecule has 1 N–H and O–H groups in total. The Bertz CT molecular complexity index is 125. The third kappa shape index (κ3) is 4.10. The van der Waals surface area contributed by atoms with E-state index in [0.29, 0.717) is 0 Å². The normalized spacial score (nSPS) is 24.0. The summed E-state index contributed by atoms with van der Waals surface area (Å²) in [7, 11) is 2.07. The van der Waals surface area contributed by atoms with E-state index >= 15 is 0 Å². The van der Waals surface area contributed by atoms with Crippen LogP contribution in [-0.4, -0.2) is 37.6 Å². The van der Waals surface area contributed by atoms with Crippen molar-refractivity contribution in [2.24, 2.45) is 0 Å². The number of rotatable bonds is 6. The van der Waals surface area contributed by atoms with Crippen molar-refractivity contribution in [3.63, 3.8) is 0 Å². The molecule has 2 heteroatoms. The van der Waals surface area contributed by atoms with Gasteiger partial charge in [0.15, 0.2) is 0 Å². The van der Waals surface area contributed by atoms with Gasteiger partial charge in [-0.05, 0) is 33.0 Å². The lowest BCUT2D eigenvalue weighted by Crippen LogP contribution is -2.30. The van der Waals surface area contributed by atoms with Crippen LogP contribution < -0.4 is 5.32 Å². The van der Waals surface area contributed by atoms with E-state index in [4.69, 9.17) is 0 Å². The van der Waals surface area contributed by atoms with Crippen LogP contribution in [0.3, 0.4) is 0 Å². The van der Waals surface area contributed by atoms with E-state index in [1.165, 1.54) is 51.7 Å². The second kappa shape index (κ2) is 6.39. The summed E-state index contributed by atoms with van der Waals surface area (Å²) in [4.78, 5) is 2.59. The van der Waals surface area contributed by atoms with E-state index < -0.39 is 0 Å². The highest BCUT2D eigenvalue weighted by molar-refractivity contribution is 4.79. The summed E-state index contributed by atoms with van der Waals surface area (Å²) in [5.74, 6) is 0. The average molecular weight is 184 g/mol. The van der Waals surface area contributed by atoms with Gasteiger partial charge < -0.3 is 10.2 Å². The zero-order chi connectivity index (χ0) is 9.52. The number of hydrogen-bond donors (Lipinski definition) is 1. The SMILES string of the molecule is CCCCCCN1CCC(NC)C1. The van der Waals surface area contributed by atoms with E-state index in [2.05, 4.69) is 24.2 Å². The minimum atomic E-state index is 0.756. The van der Waals surface area contributed by atoms with Gasteiger partial charge in [0.2, 0.25) is 0 Å². The number of unbranched alkanes of at least 4 members (excludes halogenated alkanes) is 3. The first kappa shape index (κ1) is 11.0. The lowest BCUT2D eigenvalue weighted by atomic mass is 10.2. The summed E-state index contributed by atoms with van der Waals surface area (Å²) in [6, 6.07) is 0.756. The fourth-order valence-corrected chi connectivity index (χ4v) is 2.03. The monoisotopic (exact) mass is 184 g/mol. The molecule has 0 saturated carbocycles. The van der Waals surface area contributed by atoms with Crippen molar-refractivity contribution in [3.8, 4) is 0 Å². The number of likely N-dealkylation sites (tertiary alicyclic amines) is 1. The molecule has 0 aromatic heterocycles. The third-order valence-electron chi connectivity index (χ3n) is 3.01. The van der Waals surface area contributed by atoms with Crippen LogP contribution in [0.1, 0.15) is 39.0 Å². The molecule has 13 heavy (non-hydrogen) atoms. The molecule has 1 fully saturated rings. The van der Waals surface area contributed by atoms with Crippen molar-refractivity contribution in [1.29, 1.82) is 0 Å². The van der Waals surface area contributed by atoms with Crippen molar-refractivity contribution < 1.29 is 0 Å². The van der Waals surface area contributed by atoms with E-state index in [0.717, 1.165) is 6.04 Å². The second-order valence-electron chi connectivity index (χ2n) is 4.14. The Balaban J connectivity index is 1.97. The molecule has 1 rings (SSSR count). The van der Waals surface area contributed by atoms with Gasteiger partial charge in [-0.1, -0.05) is 26.2 Å². The summed E-state index contributed by atoms with van der Waals surface area (Å²) in [6.07, 6.45) is 6.90. The first-order valence-electron chi connectivity index (χ1n) is 5.76. The summed E-state index contributed by atoms with van der Waals surface area (Å²) < 4.78 is 0. The van der Waals surface area contributed by atoms with Gasteiger partial charge in [-0.3, -0.25) is 0 Å². The topological polar surface area (TPSA) is 15.3 Å². The maximum atomic E-state index is 3.35. The molecule has 0 bridgehead atoms. The lowest BCUT2D eigenvalue weighted by molar-refractivity contribution is 0.320. The van der Waals surface area contributed by atoms with Gasteiger partial charge in [-0.25, -0.2) is 0 Å². The van der Waals surface area contributed by atoms with Gasteiger partial charge in [-0.2, -0.15) is 0 Å². The smallest absolute Gasteiger partial charge is 0.0204 e. The molecule has 0 radical (unpaired) electrons. The minimum Gasteiger partial charge on any atom is -0.316 e. The molecule has 1 aliphatic rings. The van der Waals surface area contributed by atoms with E-state index in [1.807, 2.05) is 0 Å². The Morgan fingerprint density at radius 1 is 1.31 bits per heavy atom. The van der Waals surface area contributed by atoms with Gasteiger partial charge in [0.05, 0.1) is 0 Å². The Kier molecular flexibility index (Phi) is 5.40. The van der Waals surface area contributed by atoms with Gasteiger partial charge in [-0.15, -0.1) is 0 Å². The third-order valence-corrected chi connectivity index (χ3v) is 3.01. The fourth-order valence-electron chi connectivity index (χ4n) is 2.03. The van der Waals surface area contributed by atoms with Gasteiger partial charge in [0.25, 0.3) is 0 Å². The standard InChI is InChI=1S/C11H24N2/c1-3-4-5-6-8-13-9-7-11(10-13)12-2/h11-12H,3-10H2,1-2H3. The highest BCUT2D eigenvalue weighted by atomic mass is 15.2. The van der Waals surface area contributed by atoms with Crippen molar-refractivity contribution in [2.45, 2.75) is 45.1 Å². The van der Waals surface area contributed by atoms with Crippen LogP contribution in [0.2, 0.25) is 0 Å². The molecule has 1 atom stereocenters. The predicted molar refractivity (Wildman–Crippen MR) is 58.0 cm³/mol. The molecule has 0 spiro atoms. The zero-order valence-corrected chi connectivity index (χ0v) is 9.18. The molecular weight excluding hydrogens is 160 g/mol. The largest absolute Gasteiger partial charge is 0.316 e. The highest BCUT2D eigenvalue weighted by Gasteiger charge is 2.19. The summed E-state index contributed by atoms with van der Waals surface area (Å²) in [5, 5.41) is 3.35. The fraction of sp³-hybridized carbons (Fsp3) is 1.00. The second-order valence-corrected chi connectivity index (χ2v) is 4.14. The molecular formula is C11H24N2. The highest BCUT2D eigenvalue weighted by Crippen LogP contribution is 2.10. The Labute approximate surface area is 82.7 Å². The van der Waals surface area contributed by atoms with Crippen LogP contribution in [0.15, 0.2) is 0 Å².